The molecule has 0 aliphatic carbocycles. The van der Waals surface area contributed by atoms with Crippen molar-refractivity contribution in [1.29, 1.82) is 0 Å². The molecule has 0 aliphatic rings. The molecule has 4 aromatic rings. The van der Waals surface area contributed by atoms with Crippen molar-refractivity contribution in [3.8, 4) is 22.9 Å². The number of carbonyl (C=O) groups excluding carboxylic acids is 2. The van der Waals surface area contributed by atoms with E-state index < -0.39 is 0 Å². The Balaban J connectivity index is 0.000000194. The van der Waals surface area contributed by atoms with Gasteiger partial charge in [-0.2, -0.15) is 0 Å². The SMILES string of the molecule is O=Cc1ccccc1[O][Cu][O]c1ccccc1C=O.c1ccc(-c2ccccn2)nc1. The van der Waals surface area contributed by atoms with Gasteiger partial charge in [0, 0.05) is 12.4 Å². The Bertz CT molecular complexity index is 1020. The molecule has 0 N–H and O–H groups in total. The fourth-order valence-corrected chi connectivity index (χ4v) is 2.92. The molecule has 2 aromatic carbocycles. The van der Waals surface area contributed by atoms with E-state index in [9.17, 15) is 9.59 Å². The predicted molar refractivity (Wildman–Crippen MR) is 112 cm³/mol. The topological polar surface area (TPSA) is 78.4 Å². The summed E-state index contributed by atoms with van der Waals surface area (Å²) >= 11 is 0.798. The zero-order valence-corrected chi connectivity index (χ0v) is 17.2. The van der Waals surface area contributed by atoms with Gasteiger partial charge < -0.3 is 0 Å². The third kappa shape index (κ3) is 6.60. The monoisotopic (exact) mass is 461 g/mol. The summed E-state index contributed by atoms with van der Waals surface area (Å²) in [4.78, 5) is 29.9. The molecule has 0 unspecified atom stereocenters. The van der Waals surface area contributed by atoms with Crippen LogP contribution in [0.3, 0.4) is 0 Å². The van der Waals surface area contributed by atoms with Crippen molar-refractivity contribution in [2.24, 2.45) is 0 Å². The van der Waals surface area contributed by atoms with E-state index in [4.69, 9.17) is 7.64 Å². The molecule has 0 spiro atoms. The third-order valence-electron chi connectivity index (χ3n) is 3.87. The Morgan fingerprint density at radius 3 is 1.39 bits per heavy atom. The maximum Gasteiger partial charge on any atom is 0.0886 e. The maximum atomic E-state index is 10.8. The first-order chi connectivity index (χ1) is 15.3. The molecule has 0 aliphatic heterocycles. The van der Waals surface area contributed by atoms with E-state index in [2.05, 4.69) is 9.97 Å². The van der Waals surface area contributed by atoms with E-state index in [1.54, 1.807) is 60.9 Å². The molecular formula is C24H18CuN2O4. The molecule has 159 valence electrons. The van der Waals surface area contributed by atoms with Crippen molar-refractivity contribution in [3.05, 3.63) is 108 Å². The summed E-state index contributed by atoms with van der Waals surface area (Å²) in [5, 5.41) is 0. The van der Waals surface area contributed by atoms with Gasteiger partial charge in [0.2, 0.25) is 0 Å². The molecular weight excluding hydrogens is 444 g/mol. The number of pyridine rings is 2. The van der Waals surface area contributed by atoms with Gasteiger partial charge in [0.05, 0.1) is 11.4 Å². The first-order valence-electron chi connectivity index (χ1n) is 9.15. The largest absolute Gasteiger partial charge is 0.255 e. The summed E-state index contributed by atoms with van der Waals surface area (Å²) in [7, 11) is 0. The summed E-state index contributed by atoms with van der Waals surface area (Å²) in [6.07, 6.45) is 4.94. The molecule has 31 heavy (non-hydrogen) atoms. The number of para-hydroxylation sites is 2. The number of benzene rings is 2. The summed E-state index contributed by atoms with van der Waals surface area (Å²) in [6.45, 7) is 0. The molecule has 6 nitrogen and oxygen atoms in total. The number of carbonyl (C=O) groups is 2. The van der Waals surface area contributed by atoms with E-state index in [-0.39, 0.29) is 0 Å². The molecule has 0 radical (unpaired) electrons. The van der Waals surface area contributed by atoms with E-state index in [0.29, 0.717) is 35.2 Å². The van der Waals surface area contributed by atoms with Crippen LogP contribution < -0.4 is 7.64 Å². The number of nitrogens with zero attached hydrogens (tertiary/aromatic N) is 2. The molecule has 4 rings (SSSR count). The van der Waals surface area contributed by atoms with Crippen molar-refractivity contribution in [2.75, 3.05) is 0 Å². The van der Waals surface area contributed by atoms with Crippen molar-refractivity contribution >= 4 is 12.6 Å². The zero-order chi connectivity index (χ0) is 21.7. The van der Waals surface area contributed by atoms with Gasteiger partial charge in [-0.1, -0.05) is 12.1 Å². The van der Waals surface area contributed by atoms with Crippen LogP contribution in [0.2, 0.25) is 0 Å². The van der Waals surface area contributed by atoms with Gasteiger partial charge in [0.1, 0.15) is 0 Å². The average molecular weight is 462 g/mol. The van der Waals surface area contributed by atoms with Crippen LogP contribution in [0.25, 0.3) is 11.4 Å². The Labute approximate surface area is 186 Å². The normalized spacial score (nSPS) is 9.81. The van der Waals surface area contributed by atoms with Gasteiger partial charge in [-0.15, -0.1) is 0 Å². The fraction of sp³-hybridized carbons (Fsp3) is 0. The second-order valence-corrected chi connectivity index (χ2v) is 6.46. The van der Waals surface area contributed by atoms with E-state index in [0.717, 1.165) is 27.0 Å². The van der Waals surface area contributed by atoms with Gasteiger partial charge in [0.25, 0.3) is 0 Å². The smallest absolute Gasteiger partial charge is 0.0886 e. The van der Waals surface area contributed by atoms with Crippen LogP contribution in [0, 0.1) is 0 Å². The fourth-order valence-electron chi connectivity index (χ4n) is 2.36. The molecule has 0 atom stereocenters. The molecule has 0 amide bonds. The third-order valence-corrected chi connectivity index (χ3v) is 4.44. The number of rotatable bonds is 7. The summed E-state index contributed by atoms with van der Waals surface area (Å²) < 4.78 is 10.5. The van der Waals surface area contributed by atoms with E-state index in [1.807, 2.05) is 36.4 Å². The van der Waals surface area contributed by atoms with Crippen LogP contribution in [0.5, 0.6) is 11.5 Å². The van der Waals surface area contributed by atoms with Crippen LogP contribution in [0.1, 0.15) is 20.7 Å². The maximum absolute atomic E-state index is 10.8. The first-order valence-corrected chi connectivity index (χ1v) is 9.92. The quantitative estimate of drug-likeness (QED) is 0.290. The molecule has 2 heterocycles. The minimum absolute atomic E-state index is 0.404. The Kier molecular flexibility index (Phi) is 8.49. The van der Waals surface area contributed by atoms with Crippen LogP contribution in [0.4, 0.5) is 0 Å². The molecule has 0 saturated heterocycles. The van der Waals surface area contributed by atoms with Crippen molar-refractivity contribution in [2.45, 2.75) is 0 Å². The van der Waals surface area contributed by atoms with Crippen molar-refractivity contribution in [1.82, 2.24) is 9.97 Å². The van der Waals surface area contributed by atoms with Gasteiger partial charge in [-0.3, -0.25) is 9.97 Å². The second kappa shape index (κ2) is 12.0. The predicted octanol–water partition coefficient (Wildman–Crippen LogP) is 4.83. The number of aldehydes is 2. The Morgan fingerprint density at radius 2 is 1.00 bits per heavy atom. The minimum atomic E-state index is 0.404. The van der Waals surface area contributed by atoms with Gasteiger partial charge in [-0.05, 0) is 24.3 Å². The first kappa shape index (κ1) is 21.9. The summed E-state index contributed by atoms with van der Waals surface area (Å²) in [6, 6.07) is 25.2. The molecule has 2 aromatic heterocycles. The average Bonchev–Trinajstić information content (AvgIpc) is 2.86. The standard InChI is InChI=1S/C10H8N2.2C7H6O2.Cu/c1-3-7-11-9(5-1)10-6-2-4-8-12-10;2*8-5-6-3-1-2-4-7(6)9;/h1-8H;2*1-5,9H;/q;;;+2/p-2. The minimum Gasteiger partial charge on any atom is -0.255 e. The number of hydrogen-bond acceptors (Lipinski definition) is 6. The van der Waals surface area contributed by atoms with Crippen molar-refractivity contribution < 1.29 is 32.8 Å². The number of hydrogen-bond donors (Lipinski definition) is 0. The van der Waals surface area contributed by atoms with Crippen LogP contribution in [0.15, 0.2) is 97.3 Å². The van der Waals surface area contributed by atoms with Gasteiger partial charge in [0.15, 0.2) is 0 Å². The Hall–Kier alpha value is -3.80. The van der Waals surface area contributed by atoms with Gasteiger partial charge in [-0.25, -0.2) is 0 Å². The Morgan fingerprint density at radius 1 is 0.581 bits per heavy atom. The van der Waals surface area contributed by atoms with Crippen LogP contribution in [-0.2, 0) is 15.6 Å². The summed E-state index contributed by atoms with van der Waals surface area (Å²) in [5.41, 5.74) is 2.69. The zero-order valence-electron chi connectivity index (χ0n) is 16.2. The molecule has 0 fully saturated rings. The van der Waals surface area contributed by atoms with Crippen LogP contribution in [-0.4, -0.2) is 22.5 Å². The van der Waals surface area contributed by atoms with Gasteiger partial charge >= 0.3 is 117 Å². The molecule has 0 bridgehead atoms. The molecule has 7 heteroatoms. The second-order valence-electron chi connectivity index (χ2n) is 5.91. The molecule has 0 saturated carbocycles. The van der Waals surface area contributed by atoms with Crippen LogP contribution >= 0.6 is 0 Å². The number of aromatic nitrogens is 2. The van der Waals surface area contributed by atoms with E-state index >= 15 is 0 Å². The van der Waals surface area contributed by atoms with Crippen molar-refractivity contribution in [3.63, 3.8) is 0 Å². The summed E-state index contributed by atoms with van der Waals surface area (Å²) in [5.74, 6) is 0.808. The van der Waals surface area contributed by atoms with E-state index in [1.165, 1.54) is 0 Å².